The molecule has 0 saturated heterocycles. The van der Waals surface area contributed by atoms with Crippen molar-refractivity contribution in [3.63, 3.8) is 0 Å². The molecule has 4 heteroatoms. The SMILES string of the molecule is CCCCCn1ncc(Br)c1N. The number of aromatic nitrogens is 2. The molecule has 0 saturated carbocycles. The van der Waals surface area contributed by atoms with Gasteiger partial charge in [-0.15, -0.1) is 0 Å². The summed E-state index contributed by atoms with van der Waals surface area (Å²) in [6.45, 7) is 3.10. The summed E-state index contributed by atoms with van der Waals surface area (Å²) < 4.78 is 2.72. The van der Waals surface area contributed by atoms with Gasteiger partial charge >= 0.3 is 0 Å². The number of nitrogen functional groups attached to an aromatic ring is 1. The molecule has 0 radical (unpaired) electrons. The summed E-state index contributed by atoms with van der Waals surface area (Å²) in [5.41, 5.74) is 5.74. The molecule has 0 bridgehead atoms. The molecule has 0 unspecified atom stereocenters. The third-order valence-electron chi connectivity index (χ3n) is 1.81. The van der Waals surface area contributed by atoms with Gasteiger partial charge in [0.1, 0.15) is 5.82 Å². The summed E-state index contributed by atoms with van der Waals surface area (Å²) in [4.78, 5) is 0. The highest BCUT2D eigenvalue weighted by Gasteiger charge is 2.02. The quantitative estimate of drug-likeness (QED) is 0.810. The second-order valence-electron chi connectivity index (χ2n) is 2.81. The van der Waals surface area contributed by atoms with Gasteiger partial charge in [-0.25, -0.2) is 4.68 Å². The van der Waals surface area contributed by atoms with Crippen molar-refractivity contribution in [1.29, 1.82) is 0 Å². The molecule has 0 aliphatic rings. The monoisotopic (exact) mass is 231 g/mol. The summed E-state index contributed by atoms with van der Waals surface area (Å²) in [5, 5.41) is 4.13. The van der Waals surface area contributed by atoms with E-state index in [9.17, 15) is 0 Å². The standard InChI is InChI=1S/C8H14BrN3/c1-2-3-4-5-12-8(10)7(9)6-11-12/h6H,2-5,10H2,1H3. The van der Waals surface area contributed by atoms with Crippen molar-refractivity contribution in [2.24, 2.45) is 0 Å². The Hall–Kier alpha value is -0.510. The molecule has 2 N–H and O–H groups in total. The van der Waals surface area contributed by atoms with Crippen LogP contribution >= 0.6 is 15.9 Å². The van der Waals surface area contributed by atoms with Gasteiger partial charge in [-0.1, -0.05) is 19.8 Å². The number of nitrogens with zero attached hydrogens (tertiary/aromatic N) is 2. The van der Waals surface area contributed by atoms with E-state index in [1.54, 1.807) is 6.20 Å². The van der Waals surface area contributed by atoms with Crippen LogP contribution in [0.3, 0.4) is 0 Å². The Labute approximate surface area is 81.1 Å². The smallest absolute Gasteiger partial charge is 0.136 e. The van der Waals surface area contributed by atoms with E-state index in [1.165, 1.54) is 12.8 Å². The summed E-state index contributed by atoms with van der Waals surface area (Å²) in [7, 11) is 0. The van der Waals surface area contributed by atoms with Gasteiger partial charge in [0.2, 0.25) is 0 Å². The lowest BCUT2D eigenvalue weighted by atomic mass is 10.2. The Morgan fingerprint density at radius 1 is 1.58 bits per heavy atom. The van der Waals surface area contributed by atoms with Crippen molar-refractivity contribution in [3.8, 4) is 0 Å². The number of nitrogens with two attached hydrogens (primary N) is 1. The zero-order valence-corrected chi connectivity index (χ0v) is 8.84. The molecule has 0 aliphatic carbocycles. The summed E-state index contributed by atoms with van der Waals surface area (Å²) in [6.07, 6.45) is 5.34. The predicted octanol–water partition coefficient (Wildman–Crippen LogP) is 2.42. The van der Waals surface area contributed by atoms with E-state index < -0.39 is 0 Å². The first kappa shape index (κ1) is 9.58. The zero-order valence-electron chi connectivity index (χ0n) is 7.26. The fourth-order valence-electron chi connectivity index (χ4n) is 1.06. The maximum Gasteiger partial charge on any atom is 0.136 e. The van der Waals surface area contributed by atoms with E-state index in [2.05, 4.69) is 28.0 Å². The molecular formula is C8H14BrN3. The average Bonchev–Trinajstić information content (AvgIpc) is 2.36. The van der Waals surface area contributed by atoms with Crippen LogP contribution in [0.2, 0.25) is 0 Å². The number of anilines is 1. The summed E-state index contributed by atoms with van der Waals surface area (Å²) in [5.74, 6) is 0.728. The molecule has 0 fully saturated rings. The first-order chi connectivity index (χ1) is 5.75. The second kappa shape index (κ2) is 4.50. The van der Waals surface area contributed by atoms with Crippen LogP contribution in [0.5, 0.6) is 0 Å². The molecule has 68 valence electrons. The van der Waals surface area contributed by atoms with Gasteiger partial charge in [-0.2, -0.15) is 5.10 Å². The number of rotatable bonds is 4. The number of halogens is 1. The first-order valence-corrected chi connectivity index (χ1v) is 5.01. The van der Waals surface area contributed by atoms with E-state index in [1.807, 2.05) is 4.68 Å². The Morgan fingerprint density at radius 3 is 2.83 bits per heavy atom. The molecule has 0 atom stereocenters. The zero-order chi connectivity index (χ0) is 8.97. The third-order valence-corrected chi connectivity index (χ3v) is 2.42. The Balaban J connectivity index is 2.46. The lowest BCUT2D eigenvalue weighted by molar-refractivity contribution is 0.559. The van der Waals surface area contributed by atoms with Crippen molar-refractivity contribution >= 4 is 21.7 Å². The van der Waals surface area contributed by atoms with Crippen LogP contribution in [0.4, 0.5) is 5.82 Å². The van der Waals surface area contributed by atoms with Gasteiger partial charge in [0.05, 0.1) is 10.7 Å². The van der Waals surface area contributed by atoms with Crippen LogP contribution in [-0.2, 0) is 6.54 Å². The molecule has 3 nitrogen and oxygen atoms in total. The van der Waals surface area contributed by atoms with Crippen molar-refractivity contribution in [2.45, 2.75) is 32.7 Å². The molecule has 0 amide bonds. The fraction of sp³-hybridized carbons (Fsp3) is 0.625. The minimum Gasteiger partial charge on any atom is -0.383 e. The fourth-order valence-corrected chi connectivity index (χ4v) is 1.36. The first-order valence-electron chi connectivity index (χ1n) is 4.22. The molecule has 1 aromatic rings. The van der Waals surface area contributed by atoms with E-state index in [-0.39, 0.29) is 0 Å². The van der Waals surface area contributed by atoms with Crippen LogP contribution in [0.25, 0.3) is 0 Å². The molecule has 1 aromatic heterocycles. The lowest BCUT2D eigenvalue weighted by Gasteiger charge is -2.02. The highest BCUT2D eigenvalue weighted by Crippen LogP contribution is 2.18. The van der Waals surface area contributed by atoms with Gasteiger partial charge in [0.25, 0.3) is 0 Å². The summed E-state index contributed by atoms with van der Waals surface area (Å²) >= 11 is 3.32. The van der Waals surface area contributed by atoms with Gasteiger partial charge in [0, 0.05) is 6.54 Å². The van der Waals surface area contributed by atoms with Crippen molar-refractivity contribution in [3.05, 3.63) is 10.7 Å². The van der Waals surface area contributed by atoms with E-state index >= 15 is 0 Å². The van der Waals surface area contributed by atoms with Crippen LogP contribution in [0, 0.1) is 0 Å². The van der Waals surface area contributed by atoms with Gasteiger partial charge in [-0.3, -0.25) is 0 Å². The largest absolute Gasteiger partial charge is 0.383 e. The third kappa shape index (κ3) is 2.24. The molecule has 0 spiro atoms. The van der Waals surface area contributed by atoms with Crippen LogP contribution in [0.1, 0.15) is 26.2 Å². The van der Waals surface area contributed by atoms with Crippen molar-refractivity contribution in [1.82, 2.24) is 9.78 Å². The Morgan fingerprint density at radius 2 is 2.33 bits per heavy atom. The molecule has 0 aliphatic heterocycles. The molecule has 1 heterocycles. The maximum absolute atomic E-state index is 5.74. The minimum absolute atomic E-state index is 0.728. The maximum atomic E-state index is 5.74. The van der Waals surface area contributed by atoms with Gasteiger partial charge in [0.15, 0.2) is 0 Å². The van der Waals surface area contributed by atoms with E-state index in [0.717, 1.165) is 23.3 Å². The van der Waals surface area contributed by atoms with Crippen LogP contribution in [-0.4, -0.2) is 9.78 Å². The Bertz CT molecular complexity index is 244. The van der Waals surface area contributed by atoms with Crippen molar-refractivity contribution in [2.75, 3.05) is 5.73 Å². The van der Waals surface area contributed by atoms with Gasteiger partial charge < -0.3 is 5.73 Å². The van der Waals surface area contributed by atoms with Crippen LogP contribution < -0.4 is 5.73 Å². The summed E-state index contributed by atoms with van der Waals surface area (Å²) in [6, 6.07) is 0. The van der Waals surface area contributed by atoms with Crippen LogP contribution in [0.15, 0.2) is 10.7 Å². The average molecular weight is 232 g/mol. The van der Waals surface area contributed by atoms with Crippen molar-refractivity contribution < 1.29 is 0 Å². The number of hydrogen-bond acceptors (Lipinski definition) is 2. The molecule has 1 rings (SSSR count). The lowest BCUT2D eigenvalue weighted by Crippen LogP contribution is -2.04. The highest BCUT2D eigenvalue weighted by atomic mass is 79.9. The Kier molecular flexibility index (Phi) is 3.59. The minimum atomic E-state index is 0.728. The van der Waals surface area contributed by atoms with E-state index in [4.69, 9.17) is 5.73 Å². The van der Waals surface area contributed by atoms with E-state index in [0.29, 0.717) is 0 Å². The molecular weight excluding hydrogens is 218 g/mol. The topological polar surface area (TPSA) is 43.8 Å². The number of hydrogen-bond donors (Lipinski definition) is 1. The highest BCUT2D eigenvalue weighted by molar-refractivity contribution is 9.10. The molecule has 0 aromatic carbocycles. The van der Waals surface area contributed by atoms with Gasteiger partial charge in [-0.05, 0) is 22.4 Å². The number of aryl methyl sites for hydroxylation is 1. The normalized spacial score (nSPS) is 10.5. The molecule has 12 heavy (non-hydrogen) atoms. The second-order valence-corrected chi connectivity index (χ2v) is 3.66. The predicted molar refractivity (Wildman–Crippen MR) is 53.9 cm³/mol. The number of unbranched alkanes of at least 4 members (excludes halogenated alkanes) is 2.